The highest BCUT2D eigenvalue weighted by atomic mass is 16.2. The lowest BCUT2D eigenvalue weighted by atomic mass is 9.88. The van der Waals surface area contributed by atoms with Crippen molar-refractivity contribution in [2.24, 2.45) is 11.8 Å². The third kappa shape index (κ3) is 4.90. The number of ketones is 1. The van der Waals surface area contributed by atoms with Gasteiger partial charge in [-0.15, -0.1) is 0 Å². The summed E-state index contributed by atoms with van der Waals surface area (Å²) in [5, 5.41) is 2.99. The van der Waals surface area contributed by atoms with Crippen LogP contribution in [-0.2, 0) is 4.79 Å². The summed E-state index contributed by atoms with van der Waals surface area (Å²) in [7, 11) is 0. The minimum absolute atomic E-state index is 0.0829. The number of Topliss-reactive ketones (excluding diaryl/α,β-unsaturated/α-hetero) is 1. The fraction of sp³-hybridized carbons (Fsp3) is 0.579. The van der Waals surface area contributed by atoms with E-state index in [0.29, 0.717) is 12.5 Å². The van der Waals surface area contributed by atoms with Gasteiger partial charge in [0.1, 0.15) is 0 Å². The van der Waals surface area contributed by atoms with Crippen LogP contribution in [0.5, 0.6) is 0 Å². The third-order valence-corrected chi connectivity index (χ3v) is 4.57. The van der Waals surface area contributed by atoms with Gasteiger partial charge in [-0.25, -0.2) is 0 Å². The second-order valence-corrected chi connectivity index (χ2v) is 6.86. The predicted octanol–water partition coefficient (Wildman–Crippen LogP) is 2.74. The van der Waals surface area contributed by atoms with Gasteiger partial charge < -0.3 is 5.32 Å². The fourth-order valence-corrected chi connectivity index (χ4v) is 3.01. The van der Waals surface area contributed by atoms with E-state index >= 15 is 0 Å². The van der Waals surface area contributed by atoms with Crippen LogP contribution >= 0.6 is 0 Å². The molecular weight excluding hydrogens is 288 g/mol. The Morgan fingerprint density at radius 2 is 1.74 bits per heavy atom. The van der Waals surface area contributed by atoms with E-state index in [4.69, 9.17) is 0 Å². The summed E-state index contributed by atoms with van der Waals surface area (Å²) in [6.45, 7) is 8.46. The van der Waals surface area contributed by atoms with Crippen LogP contribution < -0.4 is 5.32 Å². The Balaban J connectivity index is 1.83. The number of hydrogen-bond donors (Lipinski definition) is 1. The summed E-state index contributed by atoms with van der Waals surface area (Å²) in [5.74, 6) is 0.869. The molecule has 0 aliphatic carbocycles. The maximum absolute atomic E-state index is 12.5. The monoisotopic (exact) mass is 316 g/mol. The van der Waals surface area contributed by atoms with Crippen molar-refractivity contribution in [1.82, 2.24) is 10.2 Å². The van der Waals surface area contributed by atoms with Crippen molar-refractivity contribution in [3.05, 3.63) is 35.9 Å². The van der Waals surface area contributed by atoms with Crippen LogP contribution in [-0.4, -0.2) is 42.3 Å². The van der Waals surface area contributed by atoms with Gasteiger partial charge in [0.25, 0.3) is 0 Å². The van der Waals surface area contributed by atoms with Crippen molar-refractivity contribution in [2.45, 2.75) is 39.7 Å². The van der Waals surface area contributed by atoms with Gasteiger partial charge in [0.2, 0.25) is 5.91 Å². The molecule has 1 aliphatic heterocycles. The summed E-state index contributed by atoms with van der Waals surface area (Å²) in [5.41, 5.74) is 0.800. The van der Waals surface area contributed by atoms with Crippen LogP contribution in [0.3, 0.4) is 0 Å². The largest absolute Gasteiger partial charge is 0.354 e. The Bertz CT molecular complexity index is 519. The molecule has 0 saturated carbocycles. The number of benzene rings is 1. The average Bonchev–Trinajstić information content (AvgIpc) is 2.59. The van der Waals surface area contributed by atoms with Crippen molar-refractivity contribution in [2.75, 3.05) is 19.6 Å². The van der Waals surface area contributed by atoms with Crippen LogP contribution in [0.1, 0.15) is 44.0 Å². The first-order valence-corrected chi connectivity index (χ1v) is 8.60. The quantitative estimate of drug-likeness (QED) is 0.821. The van der Waals surface area contributed by atoms with Crippen molar-refractivity contribution < 1.29 is 9.59 Å². The normalized spacial score (nSPS) is 17.9. The maximum atomic E-state index is 12.5. The molecule has 0 aromatic heterocycles. The SMILES string of the molecule is CC(C)CNC(=O)C(C)N1CCC(C(=O)c2ccccc2)CC1. The van der Waals surface area contributed by atoms with Crippen LogP contribution in [0, 0.1) is 11.8 Å². The molecular formula is C19H28N2O2. The number of amides is 1. The topological polar surface area (TPSA) is 49.4 Å². The smallest absolute Gasteiger partial charge is 0.237 e. The summed E-state index contributed by atoms with van der Waals surface area (Å²) in [6.07, 6.45) is 1.66. The van der Waals surface area contributed by atoms with Crippen molar-refractivity contribution in [3.63, 3.8) is 0 Å². The highest BCUT2D eigenvalue weighted by Crippen LogP contribution is 2.23. The molecule has 0 radical (unpaired) electrons. The van der Waals surface area contributed by atoms with Gasteiger partial charge in [-0.2, -0.15) is 0 Å². The molecule has 1 fully saturated rings. The molecule has 4 heteroatoms. The molecule has 1 unspecified atom stereocenters. The Labute approximate surface area is 139 Å². The van der Waals surface area contributed by atoms with Crippen LogP contribution in [0.15, 0.2) is 30.3 Å². The van der Waals surface area contributed by atoms with Gasteiger partial charge in [0.05, 0.1) is 6.04 Å². The number of nitrogens with zero attached hydrogens (tertiary/aromatic N) is 1. The molecule has 1 aromatic rings. The molecule has 0 spiro atoms. The van der Waals surface area contributed by atoms with Gasteiger partial charge in [-0.05, 0) is 38.8 Å². The molecule has 126 valence electrons. The van der Waals surface area contributed by atoms with E-state index in [1.807, 2.05) is 37.3 Å². The van der Waals surface area contributed by atoms with Gasteiger partial charge in [-0.3, -0.25) is 14.5 Å². The third-order valence-electron chi connectivity index (χ3n) is 4.57. The number of rotatable bonds is 6. The first-order valence-electron chi connectivity index (χ1n) is 8.60. The van der Waals surface area contributed by atoms with E-state index < -0.39 is 0 Å². The molecule has 1 aromatic carbocycles. The number of nitrogens with one attached hydrogen (secondary N) is 1. The second-order valence-electron chi connectivity index (χ2n) is 6.86. The maximum Gasteiger partial charge on any atom is 0.237 e. The summed E-state index contributed by atoms with van der Waals surface area (Å²) >= 11 is 0. The van der Waals surface area contributed by atoms with E-state index in [-0.39, 0.29) is 23.7 Å². The minimum Gasteiger partial charge on any atom is -0.354 e. The standard InChI is InChI=1S/C19H28N2O2/c1-14(2)13-20-19(23)15(3)21-11-9-17(10-12-21)18(22)16-7-5-4-6-8-16/h4-8,14-15,17H,9-13H2,1-3H3,(H,20,23). The van der Waals surface area contributed by atoms with Crippen LogP contribution in [0.25, 0.3) is 0 Å². The molecule has 23 heavy (non-hydrogen) atoms. The molecule has 1 amide bonds. The molecule has 0 bridgehead atoms. The molecule has 1 atom stereocenters. The van der Waals surface area contributed by atoms with Crippen molar-refractivity contribution in [3.8, 4) is 0 Å². The van der Waals surface area contributed by atoms with E-state index in [2.05, 4.69) is 24.1 Å². The van der Waals surface area contributed by atoms with E-state index in [9.17, 15) is 9.59 Å². The fourth-order valence-electron chi connectivity index (χ4n) is 3.01. The molecule has 2 rings (SSSR count). The second kappa shape index (κ2) is 8.25. The number of carbonyl (C=O) groups is 2. The first-order chi connectivity index (χ1) is 11.0. The molecule has 1 N–H and O–H groups in total. The van der Waals surface area contributed by atoms with Gasteiger partial charge >= 0.3 is 0 Å². The lowest BCUT2D eigenvalue weighted by Crippen LogP contribution is -2.49. The zero-order chi connectivity index (χ0) is 16.8. The Hall–Kier alpha value is -1.68. The number of carbonyl (C=O) groups excluding carboxylic acids is 2. The van der Waals surface area contributed by atoms with Crippen molar-refractivity contribution in [1.29, 1.82) is 0 Å². The summed E-state index contributed by atoms with van der Waals surface area (Å²) < 4.78 is 0. The van der Waals surface area contributed by atoms with E-state index in [1.165, 1.54) is 0 Å². The lowest BCUT2D eigenvalue weighted by molar-refractivity contribution is -0.126. The van der Waals surface area contributed by atoms with Crippen molar-refractivity contribution >= 4 is 11.7 Å². The molecule has 4 nitrogen and oxygen atoms in total. The zero-order valence-electron chi connectivity index (χ0n) is 14.4. The van der Waals surface area contributed by atoms with Gasteiger partial charge in [0.15, 0.2) is 5.78 Å². The molecule has 1 heterocycles. The summed E-state index contributed by atoms with van der Waals surface area (Å²) in [6, 6.07) is 9.39. The Kier molecular flexibility index (Phi) is 6.34. The average molecular weight is 316 g/mol. The number of piperidine rings is 1. The summed E-state index contributed by atoms with van der Waals surface area (Å²) in [4.78, 5) is 26.8. The highest BCUT2D eigenvalue weighted by molar-refractivity contribution is 5.97. The number of likely N-dealkylation sites (tertiary alicyclic amines) is 1. The highest BCUT2D eigenvalue weighted by Gasteiger charge is 2.29. The molecule has 1 aliphatic rings. The van der Waals surface area contributed by atoms with Gasteiger partial charge in [-0.1, -0.05) is 44.2 Å². The first kappa shape index (κ1) is 17.7. The van der Waals surface area contributed by atoms with Crippen LogP contribution in [0.2, 0.25) is 0 Å². The Morgan fingerprint density at radius 1 is 1.13 bits per heavy atom. The lowest BCUT2D eigenvalue weighted by Gasteiger charge is -2.34. The zero-order valence-corrected chi connectivity index (χ0v) is 14.4. The van der Waals surface area contributed by atoms with E-state index in [0.717, 1.165) is 31.5 Å². The van der Waals surface area contributed by atoms with Crippen LogP contribution in [0.4, 0.5) is 0 Å². The molecule has 1 saturated heterocycles. The number of hydrogen-bond acceptors (Lipinski definition) is 3. The van der Waals surface area contributed by atoms with E-state index in [1.54, 1.807) is 0 Å². The predicted molar refractivity (Wildman–Crippen MR) is 92.4 cm³/mol. The van der Waals surface area contributed by atoms with Gasteiger partial charge in [0, 0.05) is 18.0 Å². The Morgan fingerprint density at radius 3 is 2.30 bits per heavy atom. The minimum atomic E-state index is -0.124.